The van der Waals surface area contributed by atoms with E-state index in [0.717, 1.165) is 30.8 Å². The Balaban J connectivity index is 1.42. The Hall–Kier alpha value is -3.74. The van der Waals surface area contributed by atoms with E-state index >= 15 is 0 Å². The van der Waals surface area contributed by atoms with Crippen LogP contribution in [0.2, 0.25) is 0 Å². The van der Waals surface area contributed by atoms with Gasteiger partial charge in [0.25, 0.3) is 5.91 Å². The van der Waals surface area contributed by atoms with Crippen LogP contribution in [0.25, 0.3) is 0 Å². The van der Waals surface area contributed by atoms with Gasteiger partial charge in [-0.05, 0) is 49.4 Å². The van der Waals surface area contributed by atoms with Crippen LogP contribution in [0, 0.1) is 11.3 Å². The van der Waals surface area contributed by atoms with Crippen molar-refractivity contribution in [2.75, 3.05) is 24.2 Å². The molecule has 0 bridgehead atoms. The maximum Gasteiger partial charge on any atom is 0.319 e. The average molecular weight is 475 g/mol. The molecule has 0 unspecified atom stereocenters. The smallest absolute Gasteiger partial charge is 0.319 e. The first-order valence-corrected chi connectivity index (χ1v) is 11.9. The lowest BCUT2D eigenvalue weighted by Gasteiger charge is -2.20. The van der Waals surface area contributed by atoms with Crippen molar-refractivity contribution < 1.29 is 9.59 Å². The Labute approximate surface area is 202 Å². The number of hydrogen-bond donors (Lipinski definition) is 3. The number of amides is 3. The molecule has 34 heavy (non-hydrogen) atoms. The van der Waals surface area contributed by atoms with E-state index < -0.39 is 0 Å². The van der Waals surface area contributed by atoms with Crippen LogP contribution in [0.5, 0.6) is 0 Å². The molecule has 3 amide bonds. The number of rotatable bonds is 6. The van der Waals surface area contributed by atoms with Gasteiger partial charge in [-0.2, -0.15) is 5.26 Å². The summed E-state index contributed by atoms with van der Waals surface area (Å²) in [6.07, 6.45) is 1.53. The Morgan fingerprint density at radius 3 is 2.82 bits per heavy atom. The van der Waals surface area contributed by atoms with E-state index in [4.69, 9.17) is 5.26 Å². The molecular formula is C25H26N6O2S. The van der Waals surface area contributed by atoms with Gasteiger partial charge >= 0.3 is 6.03 Å². The first-order chi connectivity index (χ1) is 16.4. The predicted molar refractivity (Wildman–Crippen MR) is 133 cm³/mol. The lowest BCUT2D eigenvalue weighted by atomic mass is 10.0. The summed E-state index contributed by atoms with van der Waals surface area (Å²) >= 11 is 1.52. The van der Waals surface area contributed by atoms with Crippen LogP contribution in [0.15, 0.2) is 48.5 Å². The van der Waals surface area contributed by atoms with Crippen molar-refractivity contribution in [3.8, 4) is 6.07 Å². The van der Waals surface area contributed by atoms with Crippen LogP contribution in [0.1, 0.15) is 51.4 Å². The molecule has 2 heterocycles. The molecule has 4 rings (SSSR count). The van der Waals surface area contributed by atoms with Gasteiger partial charge in [0.2, 0.25) is 0 Å². The van der Waals surface area contributed by atoms with Crippen molar-refractivity contribution in [1.29, 1.82) is 5.26 Å². The Bertz CT molecular complexity index is 1250. The molecule has 1 aromatic heterocycles. The van der Waals surface area contributed by atoms with Crippen molar-refractivity contribution >= 4 is 34.1 Å². The highest BCUT2D eigenvalue weighted by Crippen LogP contribution is 2.28. The molecule has 1 atom stereocenters. The summed E-state index contributed by atoms with van der Waals surface area (Å²) in [5, 5.41) is 18.3. The van der Waals surface area contributed by atoms with E-state index in [-0.39, 0.29) is 18.0 Å². The number of fused-ring (bicyclic) bond motifs is 1. The van der Waals surface area contributed by atoms with Gasteiger partial charge in [-0.3, -0.25) is 10.1 Å². The number of carbonyl (C=O) groups excluding carboxylic acids is 2. The second-order valence-electron chi connectivity index (χ2n) is 8.21. The summed E-state index contributed by atoms with van der Waals surface area (Å²) in [4.78, 5) is 33.5. The molecule has 8 nitrogen and oxygen atoms in total. The van der Waals surface area contributed by atoms with E-state index in [1.165, 1.54) is 16.2 Å². The molecule has 2 aromatic carbocycles. The molecule has 1 aliphatic rings. The number of benzene rings is 2. The van der Waals surface area contributed by atoms with Crippen LogP contribution in [-0.4, -0.2) is 35.4 Å². The SMILES string of the molecule is CC[C@@H](NC(=O)Nc1cccc(C#N)c1)c1cccc(C(=O)Nc2nc3c(s2)CN(C)CC3)c1. The fourth-order valence-corrected chi connectivity index (χ4v) is 4.94. The first-order valence-electron chi connectivity index (χ1n) is 11.1. The molecule has 0 saturated heterocycles. The van der Waals surface area contributed by atoms with Crippen LogP contribution < -0.4 is 16.0 Å². The highest BCUT2D eigenvalue weighted by atomic mass is 32.1. The van der Waals surface area contributed by atoms with E-state index in [0.29, 0.717) is 28.4 Å². The summed E-state index contributed by atoms with van der Waals surface area (Å²) in [6, 6.07) is 15.4. The van der Waals surface area contributed by atoms with Gasteiger partial charge in [-0.25, -0.2) is 9.78 Å². The average Bonchev–Trinajstić information content (AvgIpc) is 3.23. The number of hydrogen-bond acceptors (Lipinski definition) is 6. The van der Waals surface area contributed by atoms with Gasteiger partial charge in [0.1, 0.15) is 0 Å². The monoisotopic (exact) mass is 474 g/mol. The van der Waals surface area contributed by atoms with Gasteiger partial charge < -0.3 is 15.5 Å². The summed E-state index contributed by atoms with van der Waals surface area (Å²) in [6.45, 7) is 3.78. The number of urea groups is 1. The molecule has 3 N–H and O–H groups in total. The van der Waals surface area contributed by atoms with Gasteiger partial charge in [0.15, 0.2) is 5.13 Å². The fourth-order valence-electron chi connectivity index (χ4n) is 3.86. The van der Waals surface area contributed by atoms with Crippen molar-refractivity contribution in [2.24, 2.45) is 0 Å². The van der Waals surface area contributed by atoms with Crippen molar-refractivity contribution in [3.05, 3.63) is 75.8 Å². The van der Waals surface area contributed by atoms with Gasteiger partial charge in [0, 0.05) is 35.6 Å². The normalized spacial score (nSPS) is 13.9. The standard InChI is InChI=1S/C25H26N6O2S/c1-3-20(28-24(33)27-19-9-4-6-16(12-19)14-26)17-7-5-8-18(13-17)23(32)30-25-29-21-10-11-31(2)15-22(21)34-25/h4-9,12-13,20H,3,10-11,15H2,1-2H3,(H2,27,28,33)(H,29,30,32)/t20-/m1/s1. The molecule has 0 saturated carbocycles. The number of likely N-dealkylation sites (N-methyl/N-ethyl adjacent to an activating group) is 1. The van der Waals surface area contributed by atoms with Gasteiger partial charge in [-0.1, -0.05) is 25.1 Å². The van der Waals surface area contributed by atoms with E-state index in [2.05, 4.69) is 39.0 Å². The zero-order valence-corrected chi connectivity index (χ0v) is 19.9. The molecule has 3 aromatic rings. The lowest BCUT2D eigenvalue weighted by Crippen LogP contribution is -2.32. The predicted octanol–water partition coefficient (Wildman–Crippen LogP) is 4.53. The maximum atomic E-state index is 12.9. The maximum absolute atomic E-state index is 12.9. The zero-order valence-electron chi connectivity index (χ0n) is 19.1. The minimum Gasteiger partial charge on any atom is -0.331 e. The highest BCUT2D eigenvalue weighted by Gasteiger charge is 2.20. The number of nitrogens with zero attached hydrogens (tertiary/aromatic N) is 3. The second kappa shape index (κ2) is 10.5. The zero-order chi connectivity index (χ0) is 24.1. The number of anilines is 2. The van der Waals surface area contributed by atoms with Crippen LogP contribution in [0.3, 0.4) is 0 Å². The second-order valence-corrected chi connectivity index (χ2v) is 9.29. The number of thiazole rings is 1. The minimum absolute atomic E-state index is 0.228. The summed E-state index contributed by atoms with van der Waals surface area (Å²) in [7, 11) is 2.08. The Morgan fingerprint density at radius 2 is 2.03 bits per heavy atom. The van der Waals surface area contributed by atoms with E-state index in [1.54, 1.807) is 36.4 Å². The quantitative estimate of drug-likeness (QED) is 0.486. The molecule has 1 aliphatic heterocycles. The van der Waals surface area contributed by atoms with Crippen molar-refractivity contribution in [2.45, 2.75) is 32.4 Å². The molecule has 9 heteroatoms. The van der Waals surface area contributed by atoms with Crippen molar-refractivity contribution in [3.63, 3.8) is 0 Å². The molecule has 174 valence electrons. The highest BCUT2D eigenvalue weighted by molar-refractivity contribution is 7.15. The summed E-state index contributed by atoms with van der Waals surface area (Å²) in [5.74, 6) is -0.228. The Kier molecular flexibility index (Phi) is 7.21. The minimum atomic E-state index is -0.380. The lowest BCUT2D eigenvalue weighted by molar-refractivity contribution is 0.102. The third kappa shape index (κ3) is 5.60. The number of nitrogens with one attached hydrogen (secondary N) is 3. The van der Waals surface area contributed by atoms with Gasteiger partial charge in [-0.15, -0.1) is 11.3 Å². The summed E-state index contributed by atoms with van der Waals surface area (Å²) in [5.41, 5.74) is 3.41. The van der Waals surface area contributed by atoms with E-state index in [9.17, 15) is 9.59 Å². The van der Waals surface area contributed by atoms with Crippen LogP contribution in [0.4, 0.5) is 15.6 Å². The fraction of sp³-hybridized carbons (Fsp3) is 0.280. The third-order valence-corrected chi connectivity index (χ3v) is 6.65. The third-order valence-electron chi connectivity index (χ3n) is 5.66. The number of aromatic nitrogens is 1. The number of nitriles is 1. The molecule has 0 fully saturated rings. The first kappa shape index (κ1) is 23.4. The Morgan fingerprint density at radius 1 is 1.21 bits per heavy atom. The largest absolute Gasteiger partial charge is 0.331 e. The molecule has 0 radical (unpaired) electrons. The molecule has 0 aliphatic carbocycles. The number of carbonyl (C=O) groups is 2. The van der Waals surface area contributed by atoms with Crippen LogP contribution in [-0.2, 0) is 13.0 Å². The molecular weight excluding hydrogens is 448 g/mol. The van der Waals surface area contributed by atoms with Gasteiger partial charge in [0.05, 0.1) is 23.4 Å². The topological polar surface area (TPSA) is 110 Å². The van der Waals surface area contributed by atoms with Crippen LogP contribution >= 0.6 is 11.3 Å². The molecule has 0 spiro atoms. The van der Waals surface area contributed by atoms with Crippen molar-refractivity contribution in [1.82, 2.24) is 15.2 Å². The van der Waals surface area contributed by atoms with E-state index in [1.807, 2.05) is 19.1 Å². The summed E-state index contributed by atoms with van der Waals surface area (Å²) < 4.78 is 0.